The number of hydrogen-bond donors (Lipinski definition) is 1. The van der Waals surface area contributed by atoms with Gasteiger partial charge in [-0.1, -0.05) is 0 Å². The van der Waals surface area contributed by atoms with Crippen molar-refractivity contribution < 1.29 is 4.74 Å². The molecule has 4 nitrogen and oxygen atoms in total. The Balaban J connectivity index is 2.32. The monoisotopic (exact) mass is 229 g/mol. The van der Waals surface area contributed by atoms with Crippen molar-refractivity contribution in [2.45, 2.75) is 32.3 Å². The van der Waals surface area contributed by atoms with E-state index in [1.165, 1.54) is 0 Å². The van der Waals surface area contributed by atoms with E-state index < -0.39 is 0 Å². The van der Waals surface area contributed by atoms with Gasteiger partial charge in [-0.05, 0) is 20.4 Å². The van der Waals surface area contributed by atoms with Gasteiger partial charge in [-0.2, -0.15) is 0 Å². The van der Waals surface area contributed by atoms with Gasteiger partial charge < -0.3 is 10.1 Å². The summed E-state index contributed by atoms with van der Waals surface area (Å²) in [6.07, 6.45) is 3.24. The van der Waals surface area contributed by atoms with Gasteiger partial charge in [-0.15, -0.1) is 21.5 Å². The summed E-state index contributed by atoms with van der Waals surface area (Å²) in [5.41, 5.74) is 0. The fraction of sp³-hybridized carbons (Fsp3) is 0.800. The molecule has 0 radical (unpaired) electrons. The molecular formula is C10H19N3OS. The Hall–Kier alpha value is -0.520. The predicted octanol–water partition coefficient (Wildman–Crippen LogP) is 1.27. The molecule has 1 N–H and O–H groups in total. The number of ether oxygens (including phenoxy) is 1. The highest BCUT2D eigenvalue weighted by molar-refractivity contribution is 7.11. The average molecular weight is 229 g/mol. The Kier molecular flexibility index (Phi) is 5.75. The molecule has 5 heteroatoms. The normalized spacial score (nSPS) is 13.0. The number of nitrogens with one attached hydrogen (secondary N) is 1. The number of methoxy groups -OCH3 is 1. The van der Waals surface area contributed by atoms with Gasteiger partial charge in [-0.3, -0.25) is 0 Å². The Morgan fingerprint density at radius 1 is 1.33 bits per heavy atom. The van der Waals surface area contributed by atoms with Crippen molar-refractivity contribution in [2.75, 3.05) is 20.7 Å². The summed E-state index contributed by atoms with van der Waals surface area (Å²) in [6.45, 7) is 3.03. The first-order chi connectivity index (χ1) is 7.26. The Morgan fingerprint density at radius 3 is 2.60 bits per heavy atom. The van der Waals surface area contributed by atoms with Crippen LogP contribution in [-0.2, 0) is 17.6 Å². The molecule has 1 aromatic heterocycles. The minimum Gasteiger partial charge on any atom is -0.382 e. The molecule has 0 saturated heterocycles. The minimum atomic E-state index is 0.301. The third-order valence-corrected chi connectivity index (χ3v) is 3.31. The van der Waals surface area contributed by atoms with Crippen LogP contribution in [0.3, 0.4) is 0 Å². The van der Waals surface area contributed by atoms with Crippen molar-refractivity contribution >= 4 is 11.3 Å². The fourth-order valence-electron chi connectivity index (χ4n) is 1.17. The standard InChI is InChI=1S/C10H19N3OS/c1-8(14-3)4-5-9-12-13-10(15-9)6-7-11-2/h8,11H,4-7H2,1-3H3. The van der Waals surface area contributed by atoms with Crippen molar-refractivity contribution in [1.82, 2.24) is 15.5 Å². The highest BCUT2D eigenvalue weighted by Crippen LogP contribution is 2.13. The smallest absolute Gasteiger partial charge is 0.118 e. The molecule has 15 heavy (non-hydrogen) atoms. The van der Waals surface area contributed by atoms with Gasteiger partial charge in [0.15, 0.2) is 0 Å². The molecule has 0 bridgehead atoms. The van der Waals surface area contributed by atoms with E-state index in [9.17, 15) is 0 Å². The molecular weight excluding hydrogens is 210 g/mol. The number of likely N-dealkylation sites (N-methyl/N-ethyl adjacent to an activating group) is 1. The lowest BCUT2D eigenvalue weighted by Gasteiger charge is -2.06. The average Bonchev–Trinajstić information content (AvgIpc) is 2.71. The van der Waals surface area contributed by atoms with E-state index in [0.717, 1.165) is 35.8 Å². The summed E-state index contributed by atoms with van der Waals surface area (Å²) in [7, 11) is 3.69. The van der Waals surface area contributed by atoms with Gasteiger partial charge in [0.2, 0.25) is 0 Å². The Labute approximate surface area is 95.1 Å². The molecule has 1 aromatic rings. The number of hydrogen-bond acceptors (Lipinski definition) is 5. The van der Waals surface area contributed by atoms with Gasteiger partial charge in [0.05, 0.1) is 6.10 Å². The van der Waals surface area contributed by atoms with Crippen LogP contribution < -0.4 is 5.32 Å². The predicted molar refractivity (Wildman–Crippen MR) is 62.3 cm³/mol. The van der Waals surface area contributed by atoms with Crippen molar-refractivity contribution in [3.8, 4) is 0 Å². The van der Waals surface area contributed by atoms with E-state index in [-0.39, 0.29) is 0 Å². The number of aryl methyl sites for hydroxylation is 1. The second-order valence-corrected chi connectivity index (χ2v) is 4.67. The second-order valence-electron chi connectivity index (χ2n) is 3.53. The summed E-state index contributed by atoms with van der Waals surface area (Å²) in [6, 6.07) is 0. The van der Waals surface area contributed by atoms with E-state index in [1.807, 2.05) is 7.05 Å². The molecule has 0 aromatic carbocycles. The van der Waals surface area contributed by atoms with Crippen molar-refractivity contribution in [2.24, 2.45) is 0 Å². The molecule has 0 amide bonds. The van der Waals surface area contributed by atoms with Crippen LogP contribution >= 0.6 is 11.3 Å². The summed E-state index contributed by atoms with van der Waals surface area (Å²) < 4.78 is 5.19. The van der Waals surface area contributed by atoms with E-state index in [1.54, 1.807) is 18.4 Å². The molecule has 0 aliphatic rings. The number of nitrogens with zero attached hydrogens (tertiary/aromatic N) is 2. The summed E-state index contributed by atoms with van der Waals surface area (Å²) >= 11 is 1.71. The molecule has 0 fully saturated rings. The van der Waals surface area contributed by atoms with Crippen LogP contribution in [0.5, 0.6) is 0 Å². The van der Waals surface area contributed by atoms with E-state index >= 15 is 0 Å². The maximum Gasteiger partial charge on any atom is 0.118 e. The van der Waals surface area contributed by atoms with Crippen molar-refractivity contribution in [1.29, 1.82) is 0 Å². The van der Waals surface area contributed by atoms with Crippen LogP contribution in [0.4, 0.5) is 0 Å². The van der Waals surface area contributed by atoms with Gasteiger partial charge in [-0.25, -0.2) is 0 Å². The topological polar surface area (TPSA) is 47.0 Å². The first-order valence-electron chi connectivity index (χ1n) is 5.25. The zero-order valence-corrected chi connectivity index (χ0v) is 10.4. The minimum absolute atomic E-state index is 0.301. The summed E-state index contributed by atoms with van der Waals surface area (Å²) in [5, 5.41) is 13.6. The Morgan fingerprint density at radius 2 is 2.00 bits per heavy atom. The Bertz CT molecular complexity index is 277. The molecule has 0 saturated carbocycles. The molecule has 1 heterocycles. The second kappa shape index (κ2) is 6.87. The van der Waals surface area contributed by atoms with Crippen molar-refractivity contribution in [3.05, 3.63) is 10.0 Å². The molecule has 1 unspecified atom stereocenters. The molecule has 0 aliphatic heterocycles. The van der Waals surface area contributed by atoms with E-state index in [0.29, 0.717) is 6.10 Å². The van der Waals surface area contributed by atoms with Crippen LogP contribution in [0.1, 0.15) is 23.4 Å². The SMILES string of the molecule is CNCCc1nnc(CCC(C)OC)s1. The van der Waals surface area contributed by atoms with E-state index in [4.69, 9.17) is 4.74 Å². The number of rotatable bonds is 7. The summed E-state index contributed by atoms with van der Waals surface area (Å²) in [5.74, 6) is 0. The van der Waals surface area contributed by atoms with E-state index in [2.05, 4.69) is 22.4 Å². The first kappa shape index (κ1) is 12.5. The van der Waals surface area contributed by atoms with Gasteiger partial charge in [0.25, 0.3) is 0 Å². The molecule has 0 aliphatic carbocycles. The van der Waals surface area contributed by atoms with Gasteiger partial charge in [0, 0.05) is 26.5 Å². The lowest BCUT2D eigenvalue weighted by Crippen LogP contribution is -2.09. The molecule has 86 valence electrons. The van der Waals surface area contributed by atoms with Crippen LogP contribution in [0.15, 0.2) is 0 Å². The molecule has 0 spiro atoms. The third-order valence-electron chi connectivity index (χ3n) is 2.26. The van der Waals surface area contributed by atoms with Crippen LogP contribution in [0.25, 0.3) is 0 Å². The van der Waals surface area contributed by atoms with Crippen LogP contribution in [-0.4, -0.2) is 37.0 Å². The van der Waals surface area contributed by atoms with Gasteiger partial charge >= 0.3 is 0 Å². The lowest BCUT2D eigenvalue weighted by molar-refractivity contribution is 0.111. The first-order valence-corrected chi connectivity index (χ1v) is 6.06. The fourth-order valence-corrected chi connectivity index (χ4v) is 2.03. The zero-order chi connectivity index (χ0) is 11.1. The highest BCUT2D eigenvalue weighted by atomic mass is 32.1. The molecule has 1 rings (SSSR count). The van der Waals surface area contributed by atoms with Gasteiger partial charge in [0.1, 0.15) is 10.0 Å². The maximum atomic E-state index is 5.19. The molecule has 1 atom stereocenters. The maximum absolute atomic E-state index is 5.19. The zero-order valence-electron chi connectivity index (χ0n) is 9.62. The lowest BCUT2D eigenvalue weighted by atomic mass is 10.2. The summed E-state index contributed by atoms with van der Waals surface area (Å²) in [4.78, 5) is 0. The van der Waals surface area contributed by atoms with Crippen LogP contribution in [0, 0.1) is 0 Å². The third kappa shape index (κ3) is 4.68. The van der Waals surface area contributed by atoms with Crippen molar-refractivity contribution in [3.63, 3.8) is 0 Å². The largest absolute Gasteiger partial charge is 0.382 e. The number of aromatic nitrogens is 2. The quantitative estimate of drug-likeness (QED) is 0.765. The highest BCUT2D eigenvalue weighted by Gasteiger charge is 2.06. The van der Waals surface area contributed by atoms with Crippen LogP contribution in [0.2, 0.25) is 0 Å².